The van der Waals surface area contributed by atoms with Crippen LogP contribution < -0.4 is 10.6 Å². The Kier molecular flexibility index (Phi) is 4.17. The quantitative estimate of drug-likeness (QED) is 0.896. The van der Waals surface area contributed by atoms with E-state index in [1.54, 1.807) is 12.1 Å². The van der Waals surface area contributed by atoms with Crippen molar-refractivity contribution in [3.05, 3.63) is 23.8 Å². The van der Waals surface area contributed by atoms with Crippen molar-refractivity contribution in [2.75, 3.05) is 17.7 Å². The maximum Gasteiger partial charge on any atom is 0.251 e. The number of anilines is 1. The molecule has 0 radical (unpaired) electrons. The predicted molar refractivity (Wildman–Crippen MR) is 81.7 cm³/mol. The Bertz CT molecular complexity index is 570. The first kappa shape index (κ1) is 14.4. The van der Waals surface area contributed by atoms with Gasteiger partial charge in [-0.05, 0) is 38.0 Å². The number of benzene rings is 1. The van der Waals surface area contributed by atoms with E-state index < -0.39 is 0 Å². The van der Waals surface area contributed by atoms with Gasteiger partial charge in [-0.1, -0.05) is 0 Å². The second kappa shape index (κ2) is 6.07. The molecular weight excluding hydrogens is 288 g/mol. The average molecular weight is 306 g/mol. The third-order valence-electron chi connectivity index (χ3n) is 3.76. The Balaban J connectivity index is 1.69. The highest BCUT2D eigenvalue weighted by atomic mass is 32.2. The number of nitrogens with one attached hydrogen (secondary N) is 2. The molecule has 2 atom stereocenters. The SMILES string of the molecule is C[C@@H](NC(=O)c1ccc2c(c1)NC(=O)CS2)[C@@H]1CCCO1. The number of hydrogen-bond donors (Lipinski definition) is 2. The van der Waals surface area contributed by atoms with Gasteiger partial charge in [0.05, 0.1) is 23.6 Å². The first-order valence-electron chi connectivity index (χ1n) is 7.12. The van der Waals surface area contributed by atoms with E-state index in [9.17, 15) is 9.59 Å². The molecule has 2 amide bonds. The second-order valence-corrected chi connectivity index (χ2v) is 6.38. The molecular formula is C15H18N2O3S. The fraction of sp³-hybridized carbons (Fsp3) is 0.467. The zero-order chi connectivity index (χ0) is 14.8. The van der Waals surface area contributed by atoms with Crippen molar-refractivity contribution in [1.29, 1.82) is 0 Å². The van der Waals surface area contributed by atoms with Crippen molar-refractivity contribution >= 4 is 29.3 Å². The maximum atomic E-state index is 12.3. The third-order valence-corrected chi connectivity index (χ3v) is 4.83. The van der Waals surface area contributed by atoms with Crippen LogP contribution in [0.1, 0.15) is 30.1 Å². The molecule has 1 aromatic carbocycles. The lowest BCUT2D eigenvalue weighted by molar-refractivity contribution is -0.113. The van der Waals surface area contributed by atoms with Gasteiger partial charge in [0, 0.05) is 17.1 Å². The van der Waals surface area contributed by atoms with Crippen molar-refractivity contribution in [3.63, 3.8) is 0 Å². The zero-order valence-electron chi connectivity index (χ0n) is 11.8. The fourth-order valence-corrected chi connectivity index (χ4v) is 3.39. The molecule has 5 nitrogen and oxygen atoms in total. The molecule has 1 fully saturated rings. The van der Waals surface area contributed by atoms with Crippen molar-refractivity contribution in [3.8, 4) is 0 Å². The molecule has 3 rings (SSSR count). The van der Waals surface area contributed by atoms with Gasteiger partial charge in [0.15, 0.2) is 0 Å². The Morgan fingerprint density at radius 3 is 3.14 bits per heavy atom. The number of amides is 2. The van der Waals surface area contributed by atoms with E-state index in [-0.39, 0.29) is 24.0 Å². The standard InChI is InChI=1S/C15H18N2O3S/c1-9(12-3-2-6-20-12)16-15(19)10-4-5-13-11(7-10)17-14(18)8-21-13/h4-5,7,9,12H,2-3,6,8H2,1H3,(H,16,19)(H,17,18)/t9-,12+/m1/s1. The summed E-state index contributed by atoms with van der Waals surface area (Å²) in [5, 5.41) is 5.77. The third kappa shape index (κ3) is 3.22. The van der Waals surface area contributed by atoms with Gasteiger partial charge in [-0.2, -0.15) is 0 Å². The van der Waals surface area contributed by atoms with Crippen LogP contribution in [0.15, 0.2) is 23.1 Å². The molecule has 0 saturated carbocycles. The van der Waals surface area contributed by atoms with E-state index in [0.29, 0.717) is 17.0 Å². The summed E-state index contributed by atoms with van der Waals surface area (Å²) in [5.41, 5.74) is 1.27. The average Bonchev–Trinajstić information content (AvgIpc) is 3.00. The molecule has 2 aliphatic heterocycles. The van der Waals surface area contributed by atoms with E-state index in [4.69, 9.17) is 4.74 Å². The van der Waals surface area contributed by atoms with E-state index in [1.165, 1.54) is 11.8 Å². The summed E-state index contributed by atoms with van der Waals surface area (Å²) < 4.78 is 5.58. The number of carbonyl (C=O) groups is 2. The lowest BCUT2D eigenvalue weighted by atomic mass is 10.1. The minimum atomic E-state index is -0.134. The lowest BCUT2D eigenvalue weighted by Gasteiger charge is -2.21. The van der Waals surface area contributed by atoms with Crippen molar-refractivity contribution < 1.29 is 14.3 Å². The van der Waals surface area contributed by atoms with Crippen LogP contribution in [0.5, 0.6) is 0 Å². The van der Waals surface area contributed by atoms with Crippen molar-refractivity contribution in [1.82, 2.24) is 5.32 Å². The molecule has 0 spiro atoms. The molecule has 2 heterocycles. The normalized spacial score (nSPS) is 22.3. The Morgan fingerprint density at radius 2 is 2.38 bits per heavy atom. The molecule has 0 aromatic heterocycles. The number of carbonyl (C=O) groups excluding carboxylic acids is 2. The number of ether oxygens (including phenoxy) is 1. The van der Waals surface area contributed by atoms with Gasteiger partial charge in [-0.15, -0.1) is 11.8 Å². The molecule has 1 aromatic rings. The summed E-state index contributed by atoms with van der Waals surface area (Å²) in [4.78, 5) is 24.7. The predicted octanol–water partition coefficient (Wildman–Crippen LogP) is 2.03. The summed E-state index contributed by atoms with van der Waals surface area (Å²) in [6.45, 7) is 2.73. The minimum Gasteiger partial charge on any atom is -0.376 e. The van der Waals surface area contributed by atoms with Crippen LogP contribution in [-0.4, -0.2) is 36.3 Å². The minimum absolute atomic E-state index is 0.0139. The maximum absolute atomic E-state index is 12.3. The largest absolute Gasteiger partial charge is 0.376 e. The molecule has 21 heavy (non-hydrogen) atoms. The van der Waals surface area contributed by atoms with E-state index >= 15 is 0 Å². The van der Waals surface area contributed by atoms with E-state index in [2.05, 4.69) is 10.6 Å². The van der Waals surface area contributed by atoms with Gasteiger partial charge >= 0.3 is 0 Å². The van der Waals surface area contributed by atoms with Gasteiger partial charge in [0.25, 0.3) is 5.91 Å². The van der Waals surface area contributed by atoms with Crippen LogP contribution in [0, 0.1) is 0 Å². The number of hydrogen-bond acceptors (Lipinski definition) is 4. The molecule has 112 valence electrons. The number of thioether (sulfide) groups is 1. The first-order chi connectivity index (χ1) is 10.1. The van der Waals surface area contributed by atoms with Crippen LogP contribution in [0.4, 0.5) is 5.69 Å². The highest BCUT2D eigenvalue weighted by molar-refractivity contribution is 8.00. The van der Waals surface area contributed by atoms with Gasteiger partial charge in [-0.25, -0.2) is 0 Å². The molecule has 2 N–H and O–H groups in total. The molecule has 2 aliphatic rings. The number of rotatable bonds is 3. The summed E-state index contributed by atoms with van der Waals surface area (Å²) in [6, 6.07) is 5.39. The van der Waals surface area contributed by atoms with Crippen molar-refractivity contribution in [2.24, 2.45) is 0 Å². The summed E-state index contributed by atoms with van der Waals surface area (Å²) in [6.07, 6.45) is 2.13. The smallest absolute Gasteiger partial charge is 0.251 e. The van der Waals surface area contributed by atoms with Crippen LogP contribution in [0.2, 0.25) is 0 Å². The van der Waals surface area contributed by atoms with Crippen LogP contribution in [0.3, 0.4) is 0 Å². The Hall–Kier alpha value is -1.53. The first-order valence-corrected chi connectivity index (χ1v) is 8.11. The molecule has 0 bridgehead atoms. The van der Waals surface area contributed by atoms with Crippen molar-refractivity contribution in [2.45, 2.75) is 36.8 Å². The Morgan fingerprint density at radius 1 is 1.52 bits per heavy atom. The monoisotopic (exact) mass is 306 g/mol. The van der Waals surface area contributed by atoms with Gasteiger partial charge in [0.2, 0.25) is 5.91 Å². The van der Waals surface area contributed by atoms with E-state index in [1.807, 2.05) is 13.0 Å². The zero-order valence-corrected chi connectivity index (χ0v) is 12.7. The topological polar surface area (TPSA) is 67.4 Å². The molecule has 0 unspecified atom stereocenters. The summed E-state index contributed by atoms with van der Waals surface area (Å²) in [5.74, 6) is 0.262. The molecule has 6 heteroatoms. The van der Waals surface area contributed by atoms with Gasteiger partial charge in [0.1, 0.15) is 0 Å². The fourth-order valence-electron chi connectivity index (χ4n) is 2.60. The molecule has 0 aliphatic carbocycles. The highest BCUT2D eigenvalue weighted by Gasteiger charge is 2.24. The number of fused-ring (bicyclic) bond motifs is 1. The highest BCUT2D eigenvalue weighted by Crippen LogP contribution is 2.32. The summed E-state index contributed by atoms with van der Waals surface area (Å²) >= 11 is 1.49. The molecule has 1 saturated heterocycles. The second-order valence-electron chi connectivity index (χ2n) is 5.36. The van der Waals surface area contributed by atoms with Crippen LogP contribution in [0.25, 0.3) is 0 Å². The Labute approximate surface area is 127 Å². The van der Waals surface area contributed by atoms with Gasteiger partial charge < -0.3 is 15.4 Å². The van der Waals surface area contributed by atoms with Gasteiger partial charge in [-0.3, -0.25) is 9.59 Å². The van der Waals surface area contributed by atoms with Crippen LogP contribution >= 0.6 is 11.8 Å². The summed E-state index contributed by atoms with van der Waals surface area (Å²) in [7, 11) is 0. The lowest BCUT2D eigenvalue weighted by Crippen LogP contribution is -2.40. The van der Waals surface area contributed by atoms with Crippen LogP contribution in [-0.2, 0) is 9.53 Å². The van der Waals surface area contributed by atoms with E-state index in [0.717, 1.165) is 24.3 Å².